The zero-order valence-electron chi connectivity index (χ0n) is 14.6. The molecular weight excluding hydrogens is 328 g/mol. The van der Waals surface area contributed by atoms with Crippen molar-refractivity contribution in [3.8, 4) is 11.5 Å². The van der Waals surface area contributed by atoms with Gasteiger partial charge in [-0.1, -0.05) is 25.7 Å². The van der Waals surface area contributed by atoms with Crippen LogP contribution in [0.5, 0.6) is 11.5 Å². The van der Waals surface area contributed by atoms with Crippen LogP contribution in [0.15, 0.2) is 18.2 Å². The average molecular weight is 357 g/mol. The Kier molecular flexibility index (Phi) is 9.57. The van der Waals surface area contributed by atoms with E-state index >= 15 is 0 Å². The number of carbonyl (C=O) groups excluding carboxylic acids is 1. The van der Waals surface area contributed by atoms with E-state index in [1.165, 1.54) is 38.5 Å². The third-order valence-corrected chi connectivity index (χ3v) is 4.35. The molecule has 5 nitrogen and oxygen atoms in total. The molecule has 0 heterocycles. The highest BCUT2D eigenvalue weighted by Crippen LogP contribution is 2.23. The normalized spacial score (nSPS) is 15.1. The summed E-state index contributed by atoms with van der Waals surface area (Å²) in [5.41, 5.74) is 0.501. The van der Waals surface area contributed by atoms with Gasteiger partial charge in [0.25, 0.3) is 5.91 Å². The highest BCUT2D eigenvalue weighted by molar-refractivity contribution is 5.97. The lowest BCUT2D eigenvalue weighted by molar-refractivity contribution is 0.0950. The van der Waals surface area contributed by atoms with Gasteiger partial charge in [-0.05, 0) is 31.0 Å². The molecule has 0 saturated heterocycles. The van der Waals surface area contributed by atoms with Crippen molar-refractivity contribution in [2.45, 2.75) is 44.6 Å². The third kappa shape index (κ3) is 6.21. The summed E-state index contributed by atoms with van der Waals surface area (Å²) in [4.78, 5) is 12.3. The molecule has 0 atom stereocenters. The van der Waals surface area contributed by atoms with E-state index in [1.807, 2.05) is 0 Å². The van der Waals surface area contributed by atoms with Gasteiger partial charge in [-0.25, -0.2) is 0 Å². The lowest BCUT2D eigenvalue weighted by atomic mass is 10.1. The monoisotopic (exact) mass is 356 g/mol. The lowest BCUT2D eigenvalue weighted by Gasteiger charge is -2.16. The largest absolute Gasteiger partial charge is 0.497 e. The van der Waals surface area contributed by atoms with Crippen molar-refractivity contribution in [2.75, 3.05) is 27.3 Å². The molecule has 1 aliphatic carbocycles. The van der Waals surface area contributed by atoms with Crippen molar-refractivity contribution < 1.29 is 14.3 Å². The molecule has 2 N–H and O–H groups in total. The van der Waals surface area contributed by atoms with E-state index in [-0.39, 0.29) is 18.3 Å². The highest BCUT2D eigenvalue weighted by Gasteiger charge is 2.14. The molecule has 1 aromatic rings. The van der Waals surface area contributed by atoms with Gasteiger partial charge >= 0.3 is 0 Å². The maximum Gasteiger partial charge on any atom is 0.255 e. The first kappa shape index (κ1) is 20.6. The zero-order chi connectivity index (χ0) is 16.5. The minimum Gasteiger partial charge on any atom is -0.497 e. The molecule has 1 aromatic carbocycles. The van der Waals surface area contributed by atoms with Crippen LogP contribution in [0.25, 0.3) is 0 Å². The highest BCUT2D eigenvalue weighted by atomic mass is 35.5. The van der Waals surface area contributed by atoms with Crippen LogP contribution >= 0.6 is 12.4 Å². The van der Waals surface area contributed by atoms with Crippen LogP contribution in [0, 0.1) is 0 Å². The van der Waals surface area contributed by atoms with Crippen LogP contribution in [-0.4, -0.2) is 39.3 Å². The van der Waals surface area contributed by atoms with Crippen molar-refractivity contribution >= 4 is 18.3 Å². The van der Waals surface area contributed by atoms with E-state index in [9.17, 15) is 4.79 Å². The zero-order valence-corrected chi connectivity index (χ0v) is 15.4. The number of nitrogens with one attached hydrogen (secondary N) is 2. The summed E-state index contributed by atoms with van der Waals surface area (Å²) < 4.78 is 10.4. The summed E-state index contributed by atoms with van der Waals surface area (Å²) in [6, 6.07) is 5.83. The number of halogens is 1. The molecule has 1 amide bonds. The Labute approximate surface area is 150 Å². The van der Waals surface area contributed by atoms with Gasteiger partial charge in [-0.3, -0.25) is 4.79 Å². The van der Waals surface area contributed by atoms with Gasteiger partial charge in [0.2, 0.25) is 0 Å². The summed E-state index contributed by atoms with van der Waals surface area (Å²) in [6.07, 6.45) is 7.82. The first-order chi connectivity index (χ1) is 11.2. The predicted octanol–water partition coefficient (Wildman–Crippen LogP) is 3.17. The van der Waals surface area contributed by atoms with Crippen LogP contribution in [0.2, 0.25) is 0 Å². The first-order valence-electron chi connectivity index (χ1n) is 8.48. The smallest absolute Gasteiger partial charge is 0.255 e. The van der Waals surface area contributed by atoms with Crippen LogP contribution < -0.4 is 20.1 Å². The van der Waals surface area contributed by atoms with E-state index in [0.29, 0.717) is 29.6 Å². The standard InChI is InChI=1S/C18H28N2O3.ClH/c1-22-15-9-10-17(23-2)16(13-15)18(21)20-12-11-19-14-7-5-3-4-6-8-14;/h9-10,13-14,19H,3-8,11-12H2,1-2H3,(H,20,21);1H. The molecule has 0 aromatic heterocycles. The van der Waals surface area contributed by atoms with Gasteiger partial charge in [-0.15, -0.1) is 12.4 Å². The van der Waals surface area contributed by atoms with Gasteiger partial charge in [0, 0.05) is 19.1 Å². The lowest BCUT2D eigenvalue weighted by Crippen LogP contribution is -2.37. The van der Waals surface area contributed by atoms with Gasteiger partial charge in [0.05, 0.1) is 19.8 Å². The number of carbonyl (C=O) groups is 1. The topological polar surface area (TPSA) is 59.6 Å². The third-order valence-electron chi connectivity index (χ3n) is 4.35. The second kappa shape index (κ2) is 11.2. The van der Waals surface area contributed by atoms with Crippen molar-refractivity contribution in [1.29, 1.82) is 0 Å². The van der Waals surface area contributed by atoms with E-state index in [0.717, 1.165) is 6.54 Å². The molecule has 0 spiro atoms. The molecule has 2 rings (SSSR count). The fourth-order valence-corrected chi connectivity index (χ4v) is 3.02. The SMILES string of the molecule is COc1ccc(OC)c(C(=O)NCCNC2CCCCCC2)c1.Cl. The van der Waals surface area contributed by atoms with E-state index < -0.39 is 0 Å². The van der Waals surface area contributed by atoms with Crippen molar-refractivity contribution in [1.82, 2.24) is 10.6 Å². The number of benzene rings is 1. The molecule has 0 radical (unpaired) electrons. The van der Waals surface area contributed by atoms with Crippen molar-refractivity contribution in [2.24, 2.45) is 0 Å². The Morgan fingerprint density at radius 3 is 2.42 bits per heavy atom. The number of rotatable bonds is 7. The fraction of sp³-hybridized carbons (Fsp3) is 0.611. The molecule has 1 fully saturated rings. The molecular formula is C18H29ClN2O3. The van der Waals surface area contributed by atoms with Gasteiger partial charge < -0.3 is 20.1 Å². The number of hydrogen-bond donors (Lipinski definition) is 2. The number of amides is 1. The average Bonchev–Trinajstić information content (AvgIpc) is 2.86. The number of ether oxygens (including phenoxy) is 2. The second-order valence-electron chi connectivity index (χ2n) is 5.96. The van der Waals surface area contributed by atoms with Crippen LogP contribution in [-0.2, 0) is 0 Å². The quantitative estimate of drug-likeness (QED) is 0.582. The Bertz CT molecular complexity index is 503. The summed E-state index contributed by atoms with van der Waals surface area (Å²) in [5, 5.41) is 6.49. The van der Waals surface area contributed by atoms with Gasteiger partial charge in [-0.2, -0.15) is 0 Å². The van der Waals surface area contributed by atoms with Crippen LogP contribution in [0.3, 0.4) is 0 Å². The molecule has 0 aliphatic heterocycles. The van der Waals surface area contributed by atoms with Gasteiger partial charge in [0.15, 0.2) is 0 Å². The van der Waals surface area contributed by atoms with E-state index in [4.69, 9.17) is 9.47 Å². The Morgan fingerprint density at radius 1 is 1.08 bits per heavy atom. The maximum absolute atomic E-state index is 12.3. The first-order valence-corrected chi connectivity index (χ1v) is 8.48. The Hall–Kier alpha value is -1.46. The molecule has 0 unspecified atom stereocenters. The second-order valence-corrected chi connectivity index (χ2v) is 5.96. The van der Waals surface area contributed by atoms with E-state index in [1.54, 1.807) is 32.4 Å². The van der Waals surface area contributed by atoms with Crippen LogP contribution in [0.4, 0.5) is 0 Å². The number of hydrogen-bond acceptors (Lipinski definition) is 4. The maximum atomic E-state index is 12.3. The molecule has 1 saturated carbocycles. The number of methoxy groups -OCH3 is 2. The predicted molar refractivity (Wildman–Crippen MR) is 98.6 cm³/mol. The van der Waals surface area contributed by atoms with Crippen molar-refractivity contribution in [3.63, 3.8) is 0 Å². The summed E-state index contributed by atoms with van der Waals surface area (Å²) >= 11 is 0. The summed E-state index contributed by atoms with van der Waals surface area (Å²) in [6.45, 7) is 1.40. The molecule has 0 bridgehead atoms. The summed E-state index contributed by atoms with van der Waals surface area (Å²) in [7, 11) is 3.15. The minimum absolute atomic E-state index is 0. The Balaban J connectivity index is 0.00000288. The van der Waals surface area contributed by atoms with Gasteiger partial charge in [0.1, 0.15) is 11.5 Å². The van der Waals surface area contributed by atoms with Crippen LogP contribution in [0.1, 0.15) is 48.9 Å². The molecule has 24 heavy (non-hydrogen) atoms. The molecule has 136 valence electrons. The van der Waals surface area contributed by atoms with E-state index in [2.05, 4.69) is 10.6 Å². The fourth-order valence-electron chi connectivity index (χ4n) is 3.02. The minimum atomic E-state index is -0.136. The molecule has 6 heteroatoms. The van der Waals surface area contributed by atoms with Crippen molar-refractivity contribution in [3.05, 3.63) is 23.8 Å². The summed E-state index contributed by atoms with van der Waals surface area (Å²) in [5.74, 6) is 1.07. The molecule has 1 aliphatic rings. The Morgan fingerprint density at radius 2 is 1.79 bits per heavy atom.